The van der Waals surface area contributed by atoms with E-state index in [1.165, 1.54) is 10.6 Å². The van der Waals surface area contributed by atoms with Gasteiger partial charge in [-0.05, 0) is 32.1 Å². The highest BCUT2D eigenvalue weighted by molar-refractivity contribution is 7.88. The predicted octanol–water partition coefficient (Wildman–Crippen LogP) is 1.04. The summed E-state index contributed by atoms with van der Waals surface area (Å²) in [6.07, 6.45) is 6.29. The van der Waals surface area contributed by atoms with Crippen molar-refractivity contribution in [3.05, 3.63) is 18.1 Å². The van der Waals surface area contributed by atoms with Crippen LogP contribution in [0.25, 0.3) is 0 Å². The summed E-state index contributed by atoms with van der Waals surface area (Å²) in [6.45, 7) is 3.32. The number of hydrogen-bond acceptors (Lipinski definition) is 6. The Balaban J connectivity index is 1.72. The van der Waals surface area contributed by atoms with Crippen LogP contribution in [0.3, 0.4) is 0 Å². The first-order valence-electron chi connectivity index (χ1n) is 8.07. The normalized spacial score (nSPS) is 23.5. The van der Waals surface area contributed by atoms with Gasteiger partial charge in [0, 0.05) is 25.5 Å². The fourth-order valence-electron chi connectivity index (χ4n) is 3.23. The Kier molecular flexibility index (Phi) is 4.73. The first-order chi connectivity index (χ1) is 11.4. The molecule has 3 heterocycles. The standard InChI is InChI=1S/C15H22N4O4S/c1-11-10-23-15(20)19(11)14-13(16-5-6-17-14)9-12-3-7-18(8-4-12)24(2,21)22/h5-6,11-12H,3-4,7-10H2,1-2H3. The third kappa shape index (κ3) is 3.51. The van der Waals surface area contributed by atoms with Gasteiger partial charge in [0.25, 0.3) is 0 Å². The Bertz CT molecular complexity index is 716. The topological polar surface area (TPSA) is 92.7 Å². The summed E-state index contributed by atoms with van der Waals surface area (Å²) < 4.78 is 29.8. The summed E-state index contributed by atoms with van der Waals surface area (Å²) in [5.41, 5.74) is 0.765. The van der Waals surface area contributed by atoms with Crippen LogP contribution in [0.5, 0.6) is 0 Å². The van der Waals surface area contributed by atoms with Crippen LogP contribution in [-0.2, 0) is 21.2 Å². The van der Waals surface area contributed by atoms with E-state index in [0.29, 0.717) is 37.9 Å². The van der Waals surface area contributed by atoms with Gasteiger partial charge in [-0.1, -0.05) is 0 Å². The van der Waals surface area contributed by atoms with Crippen molar-refractivity contribution in [2.75, 3.05) is 30.9 Å². The molecule has 1 amide bonds. The number of carbonyl (C=O) groups is 1. The third-order valence-electron chi connectivity index (χ3n) is 4.59. The lowest BCUT2D eigenvalue weighted by Gasteiger charge is -2.30. The Hall–Kier alpha value is -1.74. The first kappa shape index (κ1) is 17.1. The van der Waals surface area contributed by atoms with Crippen LogP contribution in [0, 0.1) is 5.92 Å². The minimum atomic E-state index is -3.12. The lowest BCUT2D eigenvalue weighted by molar-refractivity contribution is 0.179. The van der Waals surface area contributed by atoms with Gasteiger partial charge < -0.3 is 4.74 Å². The molecule has 2 fully saturated rings. The van der Waals surface area contributed by atoms with Crippen LogP contribution in [0.4, 0.5) is 10.6 Å². The molecule has 1 aromatic heterocycles. The Morgan fingerprint density at radius 2 is 1.92 bits per heavy atom. The maximum atomic E-state index is 11.9. The van der Waals surface area contributed by atoms with E-state index in [0.717, 1.165) is 18.5 Å². The number of rotatable bonds is 4. The summed E-state index contributed by atoms with van der Waals surface area (Å²) in [6, 6.07) is -0.0694. The summed E-state index contributed by atoms with van der Waals surface area (Å²) in [5.74, 6) is 0.880. The molecule has 0 N–H and O–H groups in total. The zero-order valence-corrected chi connectivity index (χ0v) is 14.7. The lowest BCUT2D eigenvalue weighted by Crippen LogP contribution is -2.38. The summed E-state index contributed by atoms with van der Waals surface area (Å²) >= 11 is 0. The van der Waals surface area contributed by atoms with Gasteiger partial charge in [-0.3, -0.25) is 9.88 Å². The van der Waals surface area contributed by atoms with Crippen molar-refractivity contribution in [2.24, 2.45) is 5.92 Å². The van der Waals surface area contributed by atoms with Crippen LogP contribution < -0.4 is 4.90 Å². The highest BCUT2D eigenvalue weighted by Crippen LogP contribution is 2.28. The van der Waals surface area contributed by atoms with E-state index in [1.807, 2.05) is 6.92 Å². The molecule has 1 unspecified atom stereocenters. The number of cyclic esters (lactones) is 1. The van der Waals surface area contributed by atoms with Crippen molar-refractivity contribution < 1.29 is 17.9 Å². The molecular formula is C15H22N4O4S. The van der Waals surface area contributed by atoms with Gasteiger partial charge in [0.2, 0.25) is 10.0 Å². The fraction of sp³-hybridized carbons (Fsp3) is 0.667. The number of piperidine rings is 1. The maximum Gasteiger partial charge on any atom is 0.415 e. The molecule has 1 aromatic rings. The van der Waals surface area contributed by atoms with Crippen molar-refractivity contribution in [2.45, 2.75) is 32.2 Å². The van der Waals surface area contributed by atoms with Crippen molar-refractivity contribution in [3.8, 4) is 0 Å². The maximum absolute atomic E-state index is 11.9. The molecule has 0 aliphatic carbocycles. The average Bonchev–Trinajstić information content (AvgIpc) is 2.87. The van der Waals surface area contributed by atoms with Gasteiger partial charge in [-0.25, -0.2) is 22.5 Å². The van der Waals surface area contributed by atoms with Gasteiger partial charge in [0.15, 0.2) is 5.82 Å². The number of anilines is 1. The fourth-order valence-corrected chi connectivity index (χ4v) is 4.11. The van der Waals surface area contributed by atoms with Gasteiger partial charge in [0.05, 0.1) is 18.0 Å². The van der Waals surface area contributed by atoms with Crippen molar-refractivity contribution in [1.29, 1.82) is 0 Å². The smallest absolute Gasteiger partial charge is 0.415 e. The minimum Gasteiger partial charge on any atom is -0.447 e. The van der Waals surface area contributed by atoms with Gasteiger partial charge in [0.1, 0.15) is 6.61 Å². The van der Waals surface area contributed by atoms with Crippen molar-refractivity contribution >= 4 is 21.9 Å². The SMILES string of the molecule is CC1COC(=O)N1c1nccnc1CC1CCN(S(C)(=O)=O)CC1. The second kappa shape index (κ2) is 6.64. The van der Waals surface area contributed by atoms with Crippen molar-refractivity contribution in [3.63, 3.8) is 0 Å². The zero-order valence-electron chi connectivity index (χ0n) is 13.9. The monoisotopic (exact) mass is 354 g/mol. The van der Waals surface area contributed by atoms with E-state index >= 15 is 0 Å². The number of sulfonamides is 1. The van der Waals surface area contributed by atoms with E-state index < -0.39 is 16.1 Å². The highest BCUT2D eigenvalue weighted by atomic mass is 32.2. The van der Waals surface area contributed by atoms with E-state index in [2.05, 4.69) is 9.97 Å². The van der Waals surface area contributed by atoms with Crippen molar-refractivity contribution in [1.82, 2.24) is 14.3 Å². The average molecular weight is 354 g/mol. The van der Waals surface area contributed by atoms with Gasteiger partial charge in [-0.2, -0.15) is 0 Å². The Labute approximate surface area is 141 Å². The summed E-state index contributed by atoms with van der Waals surface area (Å²) in [4.78, 5) is 22.2. The Morgan fingerprint density at radius 3 is 2.50 bits per heavy atom. The number of nitrogens with zero attached hydrogens (tertiary/aromatic N) is 4. The number of aromatic nitrogens is 2. The van der Waals surface area contributed by atoms with E-state index in [1.54, 1.807) is 17.3 Å². The second-order valence-electron chi connectivity index (χ2n) is 6.43. The number of hydrogen-bond donors (Lipinski definition) is 0. The highest BCUT2D eigenvalue weighted by Gasteiger charge is 2.34. The molecule has 0 radical (unpaired) electrons. The molecule has 2 aliphatic heterocycles. The lowest BCUT2D eigenvalue weighted by atomic mass is 9.93. The predicted molar refractivity (Wildman–Crippen MR) is 88.2 cm³/mol. The molecule has 8 nitrogen and oxygen atoms in total. The van der Waals surface area contributed by atoms with Crippen LogP contribution in [0.15, 0.2) is 12.4 Å². The molecule has 2 saturated heterocycles. The molecule has 0 bridgehead atoms. The molecule has 0 aromatic carbocycles. The molecule has 0 saturated carbocycles. The van der Waals surface area contributed by atoms with Crippen LogP contribution in [0.2, 0.25) is 0 Å². The van der Waals surface area contributed by atoms with Crippen LogP contribution in [0.1, 0.15) is 25.5 Å². The number of ether oxygens (including phenoxy) is 1. The molecule has 3 rings (SSSR count). The summed E-state index contributed by atoms with van der Waals surface area (Å²) in [7, 11) is -3.12. The van der Waals surface area contributed by atoms with Gasteiger partial charge in [-0.15, -0.1) is 0 Å². The minimum absolute atomic E-state index is 0.0694. The van der Waals surface area contributed by atoms with E-state index in [-0.39, 0.29) is 6.04 Å². The zero-order chi connectivity index (χ0) is 17.3. The number of amides is 1. The molecule has 1 atom stereocenters. The molecule has 0 spiro atoms. The third-order valence-corrected chi connectivity index (χ3v) is 5.89. The largest absolute Gasteiger partial charge is 0.447 e. The Morgan fingerprint density at radius 1 is 1.25 bits per heavy atom. The quantitative estimate of drug-likeness (QED) is 0.802. The molecule has 132 valence electrons. The first-order valence-corrected chi connectivity index (χ1v) is 9.92. The van der Waals surface area contributed by atoms with Gasteiger partial charge >= 0.3 is 6.09 Å². The van der Waals surface area contributed by atoms with E-state index in [4.69, 9.17) is 4.74 Å². The molecule has 2 aliphatic rings. The summed E-state index contributed by atoms with van der Waals surface area (Å²) in [5, 5.41) is 0. The second-order valence-corrected chi connectivity index (χ2v) is 8.41. The molecule has 24 heavy (non-hydrogen) atoms. The molecular weight excluding hydrogens is 332 g/mol. The number of carbonyl (C=O) groups excluding carboxylic acids is 1. The van der Waals surface area contributed by atoms with E-state index in [9.17, 15) is 13.2 Å². The van der Waals surface area contributed by atoms with Crippen LogP contribution in [-0.4, -0.2) is 60.8 Å². The van der Waals surface area contributed by atoms with Crippen LogP contribution >= 0.6 is 0 Å². The molecule has 9 heteroatoms.